The van der Waals surface area contributed by atoms with Crippen molar-refractivity contribution in [3.8, 4) is 0 Å². The average molecular weight is 265 g/mol. The molecule has 0 amide bonds. The Kier molecular flexibility index (Phi) is 3.10. The predicted molar refractivity (Wildman–Crippen MR) is 53.3 cm³/mol. The summed E-state index contributed by atoms with van der Waals surface area (Å²) in [5, 5.41) is 0. The van der Waals surface area contributed by atoms with Crippen LogP contribution in [0.25, 0.3) is 0 Å². The van der Waals surface area contributed by atoms with Crippen LogP contribution in [0.3, 0.4) is 0 Å². The highest BCUT2D eigenvalue weighted by Crippen LogP contribution is 2.24. The van der Waals surface area contributed by atoms with E-state index in [-0.39, 0.29) is 4.90 Å². The van der Waals surface area contributed by atoms with Gasteiger partial charge in [0.2, 0.25) is 0 Å². The van der Waals surface area contributed by atoms with E-state index in [1.54, 1.807) is 12.1 Å². The molecule has 0 heterocycles. The van der Waals surface area contributed by atoms with Crippen molar-refractivity contribution in [1.29, 1.82) is 0 Å². The van der Waals surface area contributed by atoms with Crippen molar-refractivity contribution in [2.75, 3.05) is 0 Å². The van der Waals surface area contributed by atoms with Gasteiger partial charge in [-0.3, -0.25) is 4.55 Å². The van der Waals surface area contributed by atoms with Gasteiger partial charge < -0.3 is 0 Å². The van der Waals surface area contributed by atoms with Gasteiger partial charge in [0.1, 0.15) is 0 Å². The largest absolute Gasteiger partial charge is 0.294 e. The predicted octanol–water partition coefficient (Wildman–Crippen LogP) is 2.26. The van der Waals surface area contributed by atoms with Gasteiger partial charge >= 0.3 is 0 Å². The number of hydrogen-bond donors (Lipinski definition) is 1. The van der Waals surface area contributed by atoms with Gasteiger partial charge in [-0.2, -0.15) is 8.42 Å². The fraction of sp³-hybridized carbons (Fsp3) is 0.250. The topological polar surface area (TPSA) is 54.4 Å². The molecule has 0 saturated heterocycles. The Balaban J connectivity index is 3.47. The van der Waals surface area contributed by atoms with Crippen molar-refractivity contribution < 1.29 is 13.0 Å². The molecule has 0 aliphatic heterocycles. The lowest BCUT2D eigenvalue weighted by Gasteiger charge is -2.05. The highest BCUT2D eigenvalue weighted by atomic mass is 79.9. The molecule has 0 bridgehead atoms. The lowest BCUT2D eigenvalue weighted by molar-refractivity contribution is 0.482. The smallest absolute Gasteiger partial charge is 0.282 e. The highest BCUT2D eigenvalue weighted by Gasteiger charge is 2.15. The summed E-state index contributed by atoms with van der Waals surface area (Å²) in [6.07, 6.45) is 0.552. The normalized spacial score (nSPS) is 11.6. The van der Waals surface area contributed by atoms with E-state index in [0.717, 1.165) is 0 Å². The van der Waals surface area contributed by atoms with Gasteiger partial charge in [0.25, 0.3) is 10.1 Å². The molecule has 0 saturated carbocycles. The first-order valence-corrected chi connectivity index (χ1v) is 5.95. The van der Waals surface area contributed by atoms with Crippen LogP contribution in [0.15, 0.2) is 27.6 Å². The van der Waals surface area contributed by atoms with Crippen LogP contribution in [-0.4, -0.2) is 13.0 Å². The Bertz CT molecular complexity index is 411. The maximum atomic E-state index is 10.9. The molecule has 0 atom stereocenters. The van der Waals surface area contributed by atoms with Crippen LogP contribution >= 0.6 is 15.9 Å². The Labute approximate surface area is 85.7 Å². The second-order valence-corrected chi connectivity index (χ2v) is 4.79. The van der Waals surface area contributed by atoms with E-state index in [0.29, 0.717) is 16.5 Å². The quantitative estimate of drug-likeness (QED) is 0.834. The van der Waals surface area contributed by atoms with Crippen molar-refractivity contribution in [3.63, 3.8) is 0 Å². The summed E-state index contributed by atoms with van der Waals surface area (Å²) in [5.41, 5.74) is 0.602. The molecule has 72 valence electrons. The van der Waals surface area contributed by atoms with Crippen molar-refractivity contribution in [2.45, 2.75) is 18.2 Å². The molecule has 5 heteroatoms. The Hall–Kier alpha value is -0.390. The van der Waals surface area contributed by atoms with Gasteiger partial charge in [-0.1, -0.05) is 28.9 Å². The maximum Gasteiger partial charge on any atom is 0.294 e. The van der Waals surface area contributed by atoms with E-state index < -0.39 is 10.1 Å². The van der Waals surface area contributed by atoms with Crippen LogP contribution in [0.4, 0.5) is 0 Å². The zero-order chi connectivity index (χ0) is 10.1. The lowest BCUT2D eigenvalue weighted by Crippen LogP contribution is -2.02. The fourth-order valence-corrected chi connectivity index (χ4v) is 2.72. The van der Waals surface area contributed by atoms with Gasteiger partial charge in [-0.25, -0.2) is 0 Å². The van der Waals surface area contributed by atoms with Crippen LogP contribution in [0.5, 0.6) is 0 Å². The molecule has 1 aromatic rings. The summed E-state index contributed by atoms with van der Waals surface area (Å²) in [4.78, 5) is -0.0237. The Morgan fingerprint density at radius 2 is 2.08 bits per heavy atom. The number of benzene rings is 1. The number of rotatable bonds is 2. The minimum atomic E-state index is -4.10. The minimum absolute atomic E-state index is 0.0237. The summed E-state index contributed by atoms with van der Waals surface area (Å²) in [5.74, 6) is 0. The van der Waals surface area contributed by atoms with Crippen molar-refractivity contribution in [3.05, 3.63) is 28.2 Å². The maximum absolute atomic E-state index is 10.9. The standard InChI is InChI=1S/C8H9BrO3S/c1-2-6-7(9)4-3-5-8(6)13(10,11)12/h3-5H,2H2,1H3,(H,10,11,12). The first-order chi connectivity index (χ1) is 5.96. The molecule has 0 aliphatic rings. The zero-order valence-corrected chi connectivity index (χ0v) is 9.39. The van der Waals surface area contributed by atoms with Gasteiger partial charge in [-0.05, 0) is 24.1 Å². The summed E-state index contributed by atoms with van der Waals surface area (Å²) in [7, 11) is -4.10. The number of hydrogen-bond acceptors (Lipinski definition) is 2. The first kappa shape index (κ1) is 10.7. The summed E-state index contributed by atoms with van der Waals surface area (Å²) in [6, 6.07) is 4.71. The van der Waals surface area contributed by atoms with Crippen LogP contribution in [0, 0.1) is 0 Å². The molecule has 0 radical (unpaired) electrons. The van der Waals surface area contributed by atoms with E-state index in [1.165, 1.54) is 6.07 Å². The molecular weight excluding hydrogens is 256 g/mol. The van der Waals surface area contributed by atoms with Gasteiger partial charge in [-0.15, -0.1) is 0 Å². The van der Waals surface area contributed by atoms with Crippen molar-refractivity contribution in [1.82, 2.24) is 0 Å². The molecule has 0 aliphatic carbocycles. The zero-order valence-electron chi connectivity index (χ0n) is 6.99. The van der Waals surface area contributed by atoms with Crippen molar-refractivity contribution in [2.24, 2.45) is 0 Å². The van der Waals surface area contributed by atoms with E-state index >= 15 is 0 Å². The van der Waals surface area contributed by atoms with E-state index in [1.807, 2.05) is 6.92 Å². The average Bonchev–Trinajstić information content (AvgIpc) is 2.02. The third-order valence-electron chi connectivity index (χ3n) is 1.71. The lowest BCUT2D eigenvalue weighted by atomic mass is 10.2. The van der Waals surface area contributed by atoms with Crippen LogP contribution in [0.1, 0.15) is 12.5 Å². The van der Waals surface area contributed by atoms with Crippen LogP contribution < -0.4 is 0 Å². The molecular formula is C8H9BrO3S. The molecule has 0 aromatic heterocycles. The summed E-state index contributed by atoms with van der Waals surface area (Å²) < 4.78 is 31.4. The van der Waals surface area contributed by atoms with Crippen LogP contribution in [0.2, 0.25) is 0 Å². The molecule has 13 heavy (non-hydrogen) atoms. The number of halogens is 1. The minimum Gasteiger partial charge on any atom is -0.282 e. The van der Waals surface area contributed by atoms with Gasteiger partial charge in [0.15, 0.2) is 0 Å². The SMILES string of the molecule is CCc1c(Br)cccc1S(=O)(=O)O. The monoisotopic (exact) mass is 264 g/mol. The van der Waals surface area contributed by atoms with Crippen molar-refractivity contribution >= 4 is 26.0 Å². The van der Waals surface area contributed by atoms with E-state index in [9.17, 15) is 8.42 Å². The van der Waals surface area contributed by atoms with Gasteiger partial charge in [0.05, 0.1) is 4.90 Å². The molecule has 1 rings (SSSR count). The third kappa shape index (κ3) is 2.30. The first-order valence-electron chi connectivity index (χ1n) is 3.71. The summed E-state index contributed by atoms with van der Waals surface area (Å²) >= 11 is 3.22. The fourth-order valence-electron chi connectivity index (χ4n) is 1.12. The molecule has 1 N–H and O–H groups in total. The van der Waals surface area contributed by atoms with Crippen LogP contribution in [-0.2, 0) is 16.5 Å². The molecule has 1 aromatic carbocycles. The molecule has 0 spiro atoms. The second kappa shape index (κ2) is 3.77. The molecule has 3 nitrogen and oxygen atoms in total. The molecule has 0 fully saturated rings. The van der Waals surface area contributed by atoms with E-state index in [4.69, 9.17) is 4.55 Å². The third-order valence-corrected chi connectivity index (χ3v) is 3.39. The summed E-state index contributed by atoms with van der Waals surface area (Å²) in [6.45, 7) is 1.83. The Morgan fingerprint density at radius 3 is 2.46 bits per heavy atom. The second-order valence-electron chi connectivity index (χ2n) is 2.55. The van der Waals surface area contributed by atoms with Gasteiger partial charge in [0, 0.05) is 4.47 Å². The molecule has 0 unspecified atom stereocenters. The highest BCUT2D eigenvalue weighted by molar-refractivity contribution is 9.10. The van der Waals surface area contributed by atoms with E-state index in [2.05, 4.69) is 15.9 Å². The Morgan fingerprint density at radius 1 is 1.46 bits per heavy atom.